The molecule has 0 spiro atoms. The molecule has 2 aromatic rings. The Hall–Kier alpha value is -2.21. The smallest absolute Gasteiger partial charge is 0.134 e. The largest absolute Gasteiger partial charge is 0.384 e. The van der Waals surface area contributed by atoms with Crippen LogP contribution in [0.15, 0.2) is 36.7 Å². The van der Waals surface area contributed by atoms with Crippen molar-refractivity contribution in [3.8, 4) is 0 Å². The summed E-state index contributed by atoms with van der Waals surface area (Å²) in [6.45, 7) is 3.23. The van der Waals surface area contributed by atoms with Gasteiger partial charge in [0.15, 0.2) is 0 Å². The molecule has 6 heteroatoms. The van der Waals surface area contributed by atoms with Gasteiger partial charge >= 0.3 is 0 Å². The van der Waals surface area contributed by atoms with Gasteiger partial charge in [0.25, 0.3) is 0 Å². The fraction of sp³-hybridized carbons (Fsp3) is 0.474. The number of rotatable bonds is 2. The van der Waals surface area contributed by atoms with Gasteiger partial charge in [-0.1, -0.05) is 12.1 Å². The molecule has 0 amide bonds. The van der Waals surface area contributed by atoms with Crippen molar-refractivity contribution in [2.24, 2.45) is 5.92 Å². The van der Waals surface area contributed by atoms with E-state index in [4.69, 9.17) is 5.73 Å². The number of nitrogen functional groups attached to an aromatic ring is 1. The summed E-state index contributed by atoms with van der Waals surface area (Å²) < 4.78 is 13.4. The molecule has 0 aliphatic carbocycles. The fourth-order valence-corrected chi connectivity index (χ4v) is 5.20. The van der Waals surface area contributed by atoms with Crippen LogP contribution in [0.3, 0.4) is 0 Å². The number of aromatic nitrogens is 2. The van der Waals surface area contributed by atoms with Gasteiger partial charge in [0, 0.05) is 30.6 Å². The van der Waals surface area contributed by atoms with Crippen molar-refractivity contribution in [3.63, 3.8) is 0 Å². The molecule has 25 heavy (non-hydrogen) atoms. The van der Waals surface area contributed by atoms with Gasteiger partial charge in [-0.15, -0.1) is 0 Å². The molecule has 1 aromatic heterocycles. The molecule has 4 aliphatic heterocycles. The Morgan fingerprint density at radius 1 is 1.04 bits per heavy atom. The Bertz CT molecular complexity index is 772. The van der Waals surface area contributed by atoms with Gasteiger partial charge < -0.3 is 10.6 Å². The second kappa shape index (κ2) is 5.66. The lowest BCUT2D eigenvalue weighted by atomic mass is 9.75. The number of fused-ring (bicyclic) bond motifs is 2. The van der Waals surface area contributed by atoms with Gasteiger partial charge in [0.05, 0.1) is 0 Å². The zero-order chi connectivity index (χ0) is 17.0. The minimum absolute atomic E-state index is 0.177. The van der Waals surface area contributed by atoms with E-state index in [9.17, 15) is 4.39 Å². The summed E-state index contributed by atoms with van der Waals surface area (Å²) in [6.07, 6.45) is 4.04. The predicted molar refractivity (Wildman–Crippen MR) is 94.8 cm³/mol. The van der Waals surface area contributed by atoms with E-state index in [1.807, 2.05) is 18.2 Å². The quantitative estimate of drug-likeness (QED) is 0.909. The molecule has 130 valence electrons. The van der Waals surface area contributed by atoms with E-state index in [0.29, 0.717) is 29.7 Å². The van der Waals surface area contributed by atoms with Crippen LogP contribution in [0.5, 0.6) is 0 Å². The first kappa shape index (κ1) is 15.1. The second-order valence-electron chi connectivity index (χ2n) is 7.47. The second-order valence-corrected chi connectivity index (χ2v) is 7.47. The molecule has 0 unspecified atom stereocenters. The minimum Gasteiger partial charge on any atom is -0.384 e. The van der Waals surface area contributed by atoms with Gasteiger partial charge in [-0.2, -0.15) is 0 Å². The van der Waals surface area contributed by atoms with E-state index >= 15 is 0 Å². The average molecular weight is 339 g/mol. The molecular weight excluding hydrogens is 317 g/mol. The highest BCUT2D eigenvalue weighted by Gasteiger charge is 2.53. The van der Waals surface area contributed by atoms with Gasteiger partial charge in [0.2, 0.25) is 0 Å². The summed E-state index contributed by atoms with van der Waals surface area (Å²) in [5.41, 5.74) is 7.12. The molecule has 0 saturated carbocycles. The highest BCUT2D eigenvalue weighted by atomic mass is 19.1. The lowest BCUT2D eigenvalue weighted by molar-refractivity contribution is 0.0354. The van der Waals surface area contributed by atoms with Crippen molar-refractivity contribution in [1.82, 2.24) is 14.9 Å². The van der Waals surface area contributed by atoms with E-state index in [2.05, 4.69) is 19.8 Å². The van der Waals surface area contributed by atoms with Crippen molar-refractivity contribution in [2.45, 2.75) is 30.8 Å². The van der Waals surface area contributed by atoms with Crippen LogP contribution in [0.4, 0.5) is 16.0 Å². The molecule has 1 aromatic carbocycles. The Morgan fingerprint density at radius 3 is 2.52 bits per heavy atom. The molecule has 3 atom stereocenters. The Kier molecular flexibility index (Phi) is 3.41. The highest BCUT2D eigenvalue weighted by Crippen LogP contribution is 2.47. The zero-order valence-corrected chi connectivity index (χ0v) is 14.1. The molecule has 4 saturated heterocycles. The Morgan fingerprint density at radius 2 is 1.80 bits per heavy atom. The molecule has 6 rings (SSSR count). The maximum Gasteiger partial charge on any atom is 0.134 e. The van der Waals surface area contributed by atoms with Crippen LogP contribution in [-0.4, -0.2) is 46.6 Å². The SMILES string of the molecule is Nc1cc(N2C[C@@H](c3ccc(F)cc3)[C@@H]3[C@H]2C2CCN3CC2)ncn1. The number of nitrogens with zero attached hydrogens (tertiary/aromatic N) is 4. The van der Waals surface area contributed by atoms with Gasteiger partial charge in [-0.05, 0) is 49.5 Å². The highest BCUT2D eigenvalue weighted by molar-refractivity contribution is 5.51. The van der Waals surface area contributed by atoms with E-state index in [1.165, 1.54) is 31.5 Å². The molecule has 5 heterocycles. The summed E-state index contributed by atoms with van der Waals surface area (Å²) in [5, 5.41) is 0. The number of benzene rings is 1. The van der Waals surface area contributed by atoms with Crippen molar-refractivity contribution >= 4 is 11.6 Å². The van der Waals surface area contributed by atoms with E-state index < -0.39 is 0 Å². The van der Waals surface area contributed by atoms with Crippen molar-refractivity contribution in [3.05, 3.63) is 48.0 Å². The van der Waals surface area contributed by atoms with Crippen LogP contribution in [0, 0.1) is 11.7 Å². The predicted octanol–water partition coefficient (Wildman–Crippen LogP) is 2.26. The maximum atomic E-state index is 13.4. The molecule has 5 nitrogen and oxygen atoms in total. The third kappa shape index (κ3) is 2.39. The third-order valence-corrected chi connectivity index (χ3v) is 6.26. The maximum absolute atomic E-state index is 13.4. The van der Waals surface area contributed by atoms with Gasteiger partial charge in [0.1, 0.15) is 23.8 Å². The van der Waals surface area contributed by atoms with Crippen molar-refractivity contribution < 1.29 is 4.39 Å². The van der Waals surface area contributed by atoms with Crippen LogP contribution < -0.4 is 10.6 Å². The standard InChI is InChI=1S/C19H22FN5/c20-14-3-1-12(2-4-14)15-10-25(17-9-16(21)22-11-23-17)18-13-5-7-24(8-6-13)19(15)18/h1-4,9,11,13,15,18-19H,5-8,10H2,(H2,21,22,23)/t15-,18+,19+/m0/s1. The van der Waals surface area contributed by atoms with Crippen molar-refractivity contribution in [1.29, 1.82) is 0 Å². The average Bonchev–Trinajstić information content (AvgIpc) is 3.06. The molecule has 2 N–H and O–H groups in total. The first-order chi connectivity index (χ1) is 12.2. The number of nitrogens with two attached hydrogens (primary N) is 1. The van der Waals surface area contributed by atoms with Crippen LogP contribution >= 0.6 is 0 Å². The van der Waals surface area contributed by atoms with E-state index in [1.54, 1.807) is 18.5 Å². The number of hydrogen-bond donors (Lipinski definition) is 1. The lowest BCUT2D eigenvalue weighted by Gasteiger charge is -2.51. The summed E-state index contributed by atoms with van der Waals surface area (Å²) in [7, 11) is 0. The normalized spacial score (nSPS) is 33.5. The van der Waals surface area contributed by atoms with E-state index in [0.717, 1.165) is 12.4 Å². The molecule has 4 fully saturated rings. The Labute approximate surface area is 146 Å². The molecule has 2 bridgehead atoms. The summed E-state index contributed by atoms with van der Waals surface area (Å²) in [5.74, 6) is 2.31. The van der Waals surface area contributed by atoms with Crippen LogP contribution in [0.1, 0.15) is 24.3 Å². The first-order valence-corrected chi connectivity index (χ1v) is 9.04. The van der Waals surface area contributed by atoms with Crippen LogP contribution in [0.2, 0.25) is 0 Å². The van der Waals surface area contributed by atoms with Crippen LogP contribution in [-0.2, 0) is 0 Å². The minimum atomic E-state index is -0.177. The molecular formula is C19H22FN5. The zero-order valence-electron chi connectivity index (χ0n) is 14.1. The fourth-order valence-electron chi connectivity index (χ4n) is 5.20. The molecule has 4 aliphatic rings. The summed E-state index contributed by atoms with van der Waals surface area (Å²) in [6, 6.07) is 9.83. The topological polar surface area (TPSA) is 58.3 Å². The first-order valence-electron chi connectivity index (χ1n) is 9.04. The number of hydrogen-bond acceptors (Lipinski definition) is 5. The number of piperidine rings is 3. The van der Waals surface area contributed by atoms with Gasteiger partial charge in [-0.25, -0.2) is 14.4 Å². The van der Waals surface area contributed by atoms with Crippen molar-refractivity contribution in [2.75, 3.05) is 30.3 Å². The van der Waals surface area contributed by atoms with E-state index in [-0.39, 0.29) is 5.82 Å². The summed E-state index contributed by atoms with van der Waals surface area (Å²) >= 11 is 0. The monoisotopic (exact) mass is 339 g/mol. The third-order valence-electron chi connectivity index (χ3n) is 6.26. The number of halogens is 1. The molecule has 0 radical (unpaired) electrons. The summed E-state index contributed by atoms with van der Waals surface area (Å²) in [4.78, 5) is 13.6. The van der Waals surface area contributed by atoms with Gasteiger partial charge in [-0.3, -0.25) is 4.90 Å². The lowest BCUT2D eigenvalue weighted by Crippen LogP contribution is -2.60. The number of anilines is 2. The Balaban J connectivity index is 1.56. The van der Waals surface area contributed by atoms with Crippen LogP contribution in [0.25, 0.3) is 0 Å².